The molecule has 0 unspecified atom stereocenters. The van der Waals surface area contributed by atoms with Crippen LogP contribution in [0, 0.1) is 0 Å². The molecule has 2 aromatic rings. The van der Waals surface area contributed by atoms with Crippen molar-refractivity contribution in [3.8, 4) is 0 Å². The minimum absolute atomic E-state index is 0.0721. The monoisotopic (exact) mass is 322 g/mol. The molecular formula is C15H11ClO4S. The highest BCUT2D eigenvalue weighted by Gasteiger charge is 2.10. The van der Waals surface area contributed by atoms with Crippen molar-refractivity contribution in [1.29, 1.82) is 0 Å². The summed E-state index contributed by atoms with van der Waals surface area (Å²) in [6.45, 7) is 0. The van der Waals surface area contributed by atoms with E-state index in [1.165, 1.54) is 17.8 Å². The molecule has 0 amide bonds. The van der Waals surface area contributed by atoms with Gasteiger partial charge in [0.25, 0.3) is 0 Å². The number of carboxylic acids is 2. The summed E-state index contributed by atoms with van der Waals surface area (Å²) in [5, 5.41) is 18.0. The average Bonchev–Trinajstić information content (AvgIpc) is 2.46. The van der Waals surface area contributed by atoms with Gasteiger partial charge in [0, 0.05) is 10.6 Å². The highest BCUT2D eigenvalue weighted by atomic mass is 35.5. The molecule has 0 bridgehead atoms. The number of hydrogen-bond acceptors (Lipinski definition) is 3. The number of benzene rings is 2. The summed E-state index contributed by atoms with van der Waals surface area (Å²) in [7, 11) is 0. The van der Waals surface area contributed by atoms with Crippen LogP contribution in [0.1, 0.15) is 26.3 Å². The molecule has 0 aliphatic carbocycles. The van der Waals surface area contributed by atoms with Crippen LogP contribution in [0.3, 0.4) is 0 Å². The highest BCUT2D eigenvalue weighted by Crippen LogP contribution is 2.27. The lowest BCUT2D eigenvalue weighted by molar-refractivity contribution is 0.0686. The Kier molecular flexibility index (Phi) is 4.88. The molecule has 0 atom stereocenters. The topological polar surface area (TPSA) is 74.6 Å². The van der Waals surface area contributed by atoms with Crippen LogP contribution in [0.25, 0.3) is 0 Å². The zero-order valence-electron chi connectivity index (χ0n) is 10.7. The van der Waals surface area contributed by atoms with Gasteiger partial charge in [0.15, 0.2) is 0 Å². The zero-order valence-corrected chi connectivity index (χ0v) is 12.3. The normalized spacial score (nSPS) is 10.3. The maximum atomic E-state index is 11.0. The summed E-state index contributed by atoms with van der Waals surface area (Å²) in [5.74, 6) is -1.41. The summed E-state index contributed by atoms with van der Waals surface area (Å²) in [5.41, 5.74) is 1.27. The predicted octanol–water partition coefficient (Wildman–Crippen LogP) is 4.03. The molecule has 2 rings (SSSR count). The van der Waals surface area contributed by atoms with E-state index in [4.69, 9.17) is 21.8 Å². The van der Waals surface area contributed by atoms with Crippen LogP contribution in [0.4, 0.5) is 0 Å². The molecule has 0 aromatic heterocycles. The second-order valence-electron chi connectivity index (χ2n) is 4.24. The van der Waals surface area contributed by atoms with E-state index in [1.807, 2.05) is 0 Å². The maximum absolute atomic E-state index is 11.0. The largest absolute Gasteiger partial charge is 0.478 e. The number of halogens is 1. The molecule has 0 heterocycles. The molecule has 21 heavy (non-hydrogen) atoms. The third-order valence-electron chi connectivity index (χ3n) is 2.77. The van der Waals surface area contributed by atoms with E-state index in [1.54, 1.807) is 36.4 Å². The molecule has 0 fully saturated rings. The zero-order chi connectivity index (χ0) is 15.4. The molecular weight excluding hydrogens is 312 g/mol. The quantitative estimate of drug-likeness (QED) is 0.813. The molecule has 0 aliphatic heterocycles. The van der Waals surface area contributed by atoms with Crippen LogP contribution >= 0.6 is 23.4 Å². The molecule has 2 aromatic carbocycles. The SMILES string of the molecule is O=C(O)c1ccc(CSc2ccc(Cl)c(C(=O)O)c2)cc1. The van der Waals surface area contributed by atoms with Gasteiger partial charge in [-0.25, -0.2) is 9.59 Å². The van der Waals surface area contributed by atoms with Gasteiger partial charge >= 0.3 is 11.9 Å². The van der Waals surface area contributed by atoms with E-state index in [-0.39, 0.29) is 16.1 Å². The third-order valence-corrected chi connectivity index (χ3v) is 4.17. The van der Waals surface area contributed by atoms with Gasteiger partial charge in [0.05, 0.1) is 16.1 Å². The fourth-order valence-electron chi connectivity index (χ4n) is 1.67. The number of hydrogen-bond donors (Lipinski definition) is 2. The summed E-state index contributed by atoms with van der Waals surface area (Å²) in [6, 6.07) is 11.4. The molecule has 4 nitrogen and oxygen atoms in total. The van der Waals surface area contributed by atoms with Gasteiger partial charge in [-0.15, -0.1) is 11.8 Å². The van der Waals surface area contributed by atoms with E-state index in [0.717, 1.165) is 10.5 Å². The van der Waals surface area contributed by atoms with Crippen molar-refractivity contribution < 1.29 is 19.8 Å². The molecule has 6 heteroatoms. The van der Waals surface area contributed by atoms with Gasteiger partial charge in [0.1, 0.15) is 0 Å². The van der Waals surface area contributed by atoms with Crippen molar-refractivity contribution in [2.24, 2.45) is 0 Å². The van der Waals surface area contributed by atoms with Gasteiger partial charge in [-0.2, -0.15) is 0 Å². The first kappa shape index (κ1) is 15.4. The lowest BCUT2D eigenvalue weighted by Gasteiger charge is -2.05. The first-order valence-electron chi connectivity index (χ1n) is 5.95. The van der Waals surface area contributed by atoms with Crippen molar-refractivity contribution >= 4 is 35.3 Å². The van der Waals surface area contributed by atoms with Gasteiger partial charge in [0.2, 0.25) is 0 Å². The number of carboxylic acid groups (broad SMARTS) is 2. The van der Waals surface area contributed by atoms with Gasteiger partial charge in [-0.1, -0.05) is 23.7 Å². The Morgan fingerprint density at radius 2 is 1.67 bits per heavy atom. The summed E-state index contributed by atoms with van der Waals surface area (Å²) >= 11 is 7.27. The van der Waals surface area contributed by atoms with E-state index >= 15 is 0 Å². The van der Waals surface area contributed by atoms with E-state index in [2.05, 4.69) is 0 Å². The van der Waals surface area contributed by atoms with Crippen LogP contribution in [-0.4, -0.2) is 22.2 Å². The maximum Gasteiger partial charge on any atom is 0.337 e. The minimum atomic E-state index is -1.06. The molecule has 0 aliphatic rings. The first-order valence-corrected chi connectivity index (χ1v) is 7.31. The fourth-order valence-corrected chi connectivity index (χ4v) is 2.76. The van der Waals surface area contributed by atoms with Gasteiger partial charge in [-0.3, -0.25) is 0 Å². The van der Waals surface area contributed by atoms with Crippen molar-refractivity contribution in [3.05, 3.63) is 64.2 Å². The summed E-state index contributed by atoms with van der Waals surface area (Å²) in [4.78, 5) is 22.5. The molecule has 0 saturated carbocycles. The van der Waals surface area contributed by atoms with Gasteiger partial charge in [-0.05, 0) is 35.9 Å². The summed E-state index contributed by atoms with van der Waals surface area (Å²) < 4.78 is 0. The van der Waals surface area contributed by atoms with Crippen LogP contribution < -0.4 is 0 Å². The second kappa shape index (κ2) is 6.65. The van der Waals surface area contributed by atoms with Crippen molar-refractivity contribution in [3.63, 3.8) is 0 Å². The lowest BCUT2D eigenvalue weighted by Crippen LogP contribution is -1.97. The van der Waals surface area contributed by atoms with Crippen LogP contribution in [0.5, 0.6) is 0 Å². The highest BCUT2D eigenvalue weighted by molar-refractivity contribution is 7.98. The molecule has 0 spiro atoms. The van der Waals surface area contributed by atoms with Crippen molar-refractivity contribution in [2.45, 2.75) is 10.6 Å². The molecule has 108 valence electrons. The van der Waals surface area contributed by atoms with Crippen molar-refractivity contribution in [2.75, 3.05) is 0 Å². The Morgan fingerprint density at radius 3 is 2.24 bits per heavy atom. The number of aromatic carboxylic acids is 2. The predicted molar refractivity (Wildman–Crippen MR) is 81.4 cm³/mol. The smallest absolute Gasteiger partial charge is 0.337 e. The molecule has 0 radical (unpaired) electrons. The molecule has 0 saturated heterocycles. The lowest BCUT2D eigenvalue weighted by atomic mass is 10.1. The van der Waals surface area contributed by atoms with Crippen LogP contribution in [-0.2, 0) is 5.75 Å². The van der Waals surface area contributed by atoms with E-state index < -0.39 is 11.9 Å². The Hall–Kier alpha value is -1.98. The standard InChI is InChI=1S/C15H11ClO4S/c16-13-6-5-11(7-12(13)15(19)20)21-8-9-1-3-10(4-2-9)14(17)18/h1-7H,8H2,(H,17,18)(H,19,20). The van der Waals surface area contributed by atoms with Gasteiger partial charge < -0.3 is 10.2 Å². The van der Waals surface area contributed by atoms with Crippen LogP contribution in [0.2, 0.25) is 5.02 Å². The summed E-state index contributed by atoms with van der Waals surface area (Å²) in [6.07, 6.45) is 0. The minimum Gasteiger partial charge on any atom is -0.478 e. The Morgan fingerprint density at radius 1 is 1.00 bits per heavy atom. The third kappa shape index (κ3) is 4.00. The Balaban J connectivity index is 2.07. The van der Waals surface area contributed by atoms with E-state index in [0.29, 0.717) is 5.75 Å². The van der Waals surface area contributed by atoms with Crippen molar-refractivity contribution in [1.82, 2.24) is 0 Å². The number of rotatable bonds is 5. The second-order valence-corrected chi connectivity index (χ2v) is 5.69. The first-order chi connectivity index (χ1) is 9.97. The molecule has 2 N–H and O–H groups in total. The number of thioether (sulfide) groups is 1. The van der Waals surface area contributed by atoms with E-state index in [9.17, 15) is 9.59 Å². The average molecular weight is 323 g/mol. The Bertz CT molecular complexity index is 683. The number of carbonyl (C=O) groups is 2. The fraction of sp³-hybridized carbons (Fsp3) is 0.0667. The Labute approximate surface area is 130 Å². The van der Waals surface area contributed by atoms with Crippen LogP contribution in [0.15, 0.2) is 47.4 Å².